The fraction of sp³-hybridized carbons (Fsp3) is 0.375. The second-order valence-electron chi connectivity index (χ2n) is 16.0. The van der Waals surface area contributed by atoms with Gasteiger partial charge in [-0.15, -0.1) is 0 Å². The van der Waals surface area contributed by atoms with E-state index in [-0.39, 0.29) is 0 Å². The lowest BCUT2D eigenvalue weighted by Gasteiger charge is -2.36. The summed E-state index contributed by atoms with van der Waals surface area (Å²) in [6, 6.07) is 17.9. The van der Waals surface area contributed by atoms with Gasteiger partial charge in [0.15, 0.2) is 0 Å². The lowest BCUT2D eigenvalue weighted by molar-refractivity contribution is 0.455. The Kier molecular flexibility index (Phi) is 7.81. The van der Waals surface area contributed by atoms with Crippen molar-refractivity contribution < 1.29 is 0 Å². The van der Waals surface area contributed by atoms with E-state index in [1.165, 1.54) is 68.4 Å². The highest BCUT2D eigenvalue weighted by Crippen LogP contribution is 2.54. The highest BCUT2D eigenvalue weighted by molar-refractivity contribution is 5.71. The Morgan fingerprint density at radius 2 is 1.50 bits per heavy atom. The van der Waals surface area contributed by atoms with Crippen LogP contribution in [-0.4, -0.2) is 12.1 Å². The van der Waals surface area contributed by atoms with Crippen LogP contribution in [0.2, 0.25) is 0 Å². The van der Waals surface area contributed by atoms with Gasteiger partial charge in [0, 0.05) is 46.6 Å². The van der Waals surface area contributed by atoms with Gasteiger partial charge in [-0.2, -0.15) is 0 Å². The number of benzene rings is 2. The summed E-state index contributed by atoms with van der Waals surface area (Å²) in [6.45, 7) is 0. The normalized spacial score (nSPS) is 32.1. The maximum Gasteiger partial charge on any atom is 0.0556 e. The Bertz CT molecular complexity index is 1960. The van der Waals surface area contributed by atoms with E-state index in [9.17, 15) is 0 Å². The zero-order valence-corrected chi connectivity index (χ0v) is 29.3. The van der Waals surface area contributed by atoms with E-state index < -0.39 is 0 Å². The van der Waals surface area contributed by atoms with E-state index in [0.29, 0.717) is 41.7 Å². The molecule has 6 aliphatic carbocycles. The van der Waals surface area contributed by atoms with Gasteiger partial charge in [0.05, 0.1) is 6.04 Å². The molecule has 7 atom stereocenters. The molecule has 2 heteroatoms. The molecule has 252 valence electrons. The fourth-order valence-corrected chi connectivity index (χ4v) is 10.8. The summed E-state index contributed by atoms with van der Waals surface area (Å²) in [6.07, 6.45) is 46.6. The molecule has 2 aromatic carbocycles. The second-order valence-corrected chi connectivity index (χ2v) is 16.0. The molecule has 0 saturated carbocycles. The van der Waals surface area contributed by atoms with Gasteiger partial charge in [-0.3, -0.25) is 0 Å². The van der Waals surface area contributed by atoms with Gasteiger partial charge in [-0.1, -0.05) is 120 Å². The van der Waals surface area contributed by atoms with Gasteiger partial charge in [0.1, 0.15) is 0 Å². The van der Waals surface area contributed by atoms with Crippen LogP contribution < -0.4 is 9.80 Å². The molecule has 0 amide bonds. The topological polar surface area (TPSA) is 6.48 Å². The number of nitrogens with zero attached hydrogens (tertiary/aromatic N) is 2. The van der Waals surface area contributed by atoms with Crippen molar-refractivity contribution in [2.75, 3.05) is 9.80 Å². The second kappa shape index (κ2) is 12.8. The van der Waals surface area contributed by atoms with Crippen molar-refractivity contribution in [3.8, 4) is 0 Å². The first kappa shape index (κ1) is 30.5. The van der Waals surface area contributed by atoms with E-state index in [4.69, 9.17) is 0 Å². The third-order valence-electron chi connectivity index (χ3n) is 13.4. The van der Waals surface area contributed by atoms with Crippen molar-refractivity contribution in [1.29, 1.82) is 0 Å². The van der Waals surface area contributed by atoms with Crippen LogP contribution in [0.4, 0.5) is 11.4 Å². The molecule has 0 saturated heterocycles. The van der Waals surface area contributed by atoms with E-state index in [2.05, 4.69) is 137 Å². The van der Waals surface area contributed by atoms with Gasteiger partial charge >= 0.3 is 0 Å². The van der Waals surface area contributed by atoms with Crippen molar-refractivity contribution >= 4 is 11.4 Å². The van der Waals surface area contributed by atoms with Crippen molar-refractivity contribution in [2.45, 2.75) is 100 Å². The molecule has 50 heavy (non-hydrogen) atoms. The molecular weight excluding hydrogens is 605 g/mol. The zero-order valence-electron chi connectivity index (χ0n) is 29.3. The molecule has 2 aliphatic heterocycles. The molecule has 0 N–H and O–H groups in total. The molecule has 2 aromatic rings. The number of hydrogen-bond donors (Lipinski definition) is 0. The van der Waals surface area contributed by atoms with Crippen LogP contribution in [0.3, 0.4) is 0 Å². The molecule has 2 nitrogen and oxygen atoms in total. The Hall–Kier alpha value is -4.30. The number of allylic oxidation sites excluding steroid dienone is 15. The first-order chi connectivity index (χ1) is 24.8. The van der Waals surface area contributed by atoms with Gasteiger partial charge in [-0.05, 0) is 117 Å². The summed E-state index contributed by atoms with van der Waals surface area (Å²) in [5, 5.41) is 0. The summed E-state index contributed by atoms with van der Waals surface area (Å²) in [5.74, 6) is 2.93. The van der Waals surface area contributed by atoms with Crippen LogP contribution in [0.15, 0.2) is 150 Å². The van der Waals surface area contributed by atoms with Crippen LogP contribution in [0.5, 0.6) is 0 Å². The van der Waals surface area contributed by atoms with Crippen molar-refractivity contribution in [3.63, 3.8) is 0 Å². The first-order valence-electron chi connectivity index (χ1n) is 19.7. The summed E-state index contributed by atoms with van der Waals surface area (Å²) in [4.78, 5) is 5.42. The van der Waals surface area contributed by atoms with Crippen molar-refractivity contribution in [2.24, 2.45) is 11.8 Å². The quantitative estimate of drug-likeness (QED) is 0.296. The summed E-state index contributed by atoms with van der Waals surface area (Å²) in [5.41, 5.74) is 14.0. The number of para-hydroxylation sites is 1. The molecule has 6 unspecified atom stereocenters. The van der Waals surface area contributed by atoms with E-state index in [0.717, 1.165) is 19.3 Å². The lowest BCUT2D eigenvalue weighted by Crippen LogP contribution is -2.34. The van der Waals surface area contributed by atoms with Crippen LogP contribution in [0, 0.1) is 11.8 Å². The van der Waals surface area contributed by atoms with Crippen LogP contribution in [0.1, 0.15) is 105 Å². The molecule has 0 bridgehead atoms. The first-order valence-corrected chi connectivity index (χ1v) is 19.7. The predicted molar refractivity (Wildman–Crippen MR) is 209 cm³/mol. The van der Waals surface area contributed by atoms with Crippen LogP contribution >= 0.6 is 0 Å². The van der Waals surface area contributed by atoms with Gasteiger partial charge < -0.3 is 9.80 Å². The summed E-state index contributed by atoms with van der Waals surface area (Å²) in [7, 11) is 0. The number of hydrogen-bond acceptors (Lipinski definition) is 2. The average molecular weight is 655 g/mol. The Labute approximate surface area is 299 Å². The monoisotopic (exact) mass is 654 g/mol. The number of rotatable bonds is 5. The summed E-state index contributed by atoms with van der Waals surface area (Å²) < 4.78 is 0. The molecular formula is C48H50N2. The van der Waals surface area contributed by atoms with Crippen LogP contribution in [0.25, 0.3) is 0 Å². The Morgan fingerprint density at radius 1 is 0.620 bits per heavy atom. The van der Waals surface area contributed by atoms with E-state index in [1.807, 2.05) is 0 Å². The van der Waals surface area contributed by atoms with E-state index in [1.54, 1.807) is 33.5 Å². The highest BCUT2D eigenvalue weighted by atomic mass is 15.2. The smallest absolute Gasteiger partial charge is 0.0556 e. The molecule has 0 spiro atoms. The summed E-state index contributed by atoms with van der Waals surface area (Å²) >= 11 is 0. The predicted octanol–water partition coefficient (Wildman–Crippen LogP) is 12.0. The maximum atomic E-state index is 2.75. The van der Waals surface area contributed by atoms with Gasteiger partial charge in [0.2, 0.25) is 0 Å². The SMILES string of the molecule is C1=CCC(C2=CC=C(N3c4ccc(C5CC=C(C6CC=C7C(C6)c6ccccc6N7C6C=CC=CC6)CC5)cc4[C@H]4C=CCCC43)CC2)C=C1. The van der Waals surface area contributed by atoms with E-state index >= 15 is 0 Å². The number of anilines is 2. The Morgan fingerprint density at radius 3 is 2.32 bits per heavy atom. The van der Waals surface area contributed by atoms with Crippen LogP contribution in [-0.2, 0) is 0 Å². The maximum absolute atomic E-state index is 2.75. The Balaban J connectivity index is 0.870. The molecule has 10 rings (SSSR count). The molecule has 0 radical (unpaired) electrons. The molecule has 2 heterocycles. The molecule has 0 aromatic heterocycles. The minimum absolute atomic E-state index is 0.438. The minimum Gasteiger partial charge on any atom is -0.341 e. The third-order valence-corrected chi connectivity index (χ3v) is 13.4. The number of fused-ring (bicyclic) bond motifs is 6. The minimum atomic E-state index is 0.438. The standard InChI is InChI=1S/C48H50N2/c1-3-11-33(12-4-1)34-23-27-40(28-24-34)50-46-18-10-8-16-42(46)44-32-38(26-30-48(44)50)36-21-19-35(20-22-36)37-25-29-47-43(31-37)41-15-7-9-17-45(41)49(47)39-13-5-2-6-14-39/h1-9,11,13,15-17,19,23,26-27,29-30,32-33,36-37,39,42-43,46H,10,12,14,18,20-22,24-25,28,31H2/t33?,36?,37?,39?,42-,43?,46?/m1/s1. The van der Waals surface area contributed by atoms with Gasteiger partial charge in [-0.25, -0.2) is 0 Å². The molecule has 0 fully saturated rings. The largest absolute Gasteiger partial charge is 0.341 e. The third kappa shape index (κ3) is 5.21. The fourth-order valence-electron chi connectivity index (χ4n) is 10.8. The zero-order chi connectivity index (χ0) is 33.0. The van der Waals surface area contributed by atoms with Crippen molar-refractivity contribution in [3.05, 3.63) is 167 Å². The lowest BCUT2D eigenvalue weighted by atomic mass is 9.73. The van der Waals surface area contributed by atoms with Gasteiger partial charge in [0.25, 0.3) is 0 Å². The molecule has 8 aliphatic rings. The van der Waals surface area contributed by atoms with Crippen molar-refractivity contribution in [1.82, 2.24) is 0 Å². The average Bonchev–Trinajstić information content (AvgIpc) is 3.71. The highest BCUT2D eigenvalue weighted by Gasteiger charge is 2.42.